The van der Waals surface area contributed by atoms with E-state index >= 15 is 0 Å². The number of carbonyl (C=O) groups excluding carboxylic acids is 2. The van der Waals surface area contributed by atoms with Crippen molar-refractivity contribution in [1.82, 2.24) is 15.5 Å². The predicted molar refractivity (Wildman–Crippen MR) is 102 cm³/mol. The first-order valence-electron chi connectivity index (χ1n) is 8.73. The van der Waals surface area contributed by atoms with E-state index < -0.39 is 0 Å². The fourth-order valence-corrected chi connectivity index (χ4v) is 4.44. The normalized spacial score (nSPS) is 23.0. The molecule has 0 spiro atoms. The lowest BCUT2D eigenvalue weighted by Crippen LogP contribution is -2.42. The highest BCUT2D eigenvalue weighted by Gasteiger charge is 2.33. The molecule has 0 saturated carbocycles. The highest BCUT2D eigenvalue weighted by molar-refractivity contribution is 7.99. The van der Waals surface area contributed by atoms with E-state index in [1.807, 2.05) is 29.2 Å². The van der Waals surface area contributed by atoms with Gasteiger partial charge in [0.15, 0.2) is 0 Å². The Balaban J connectivity index is 1.37. The molecule has 2 N–H and O–H groups in total. The molecule has 0 unspecified atom stereocenters. The molecule has 1 aromatic carbocycles. The van der Waals surface area contributed by atoms with Crippen LogP contribution in [0.2, 0.25) is 5.02 Å². The van der Waals surface area contributed by atoms with Gasteiger partial charge in [-0.25, -0.2) is 0 Å². The Bertz CT molecular complexity index is 622. The molecule has 2 heterocycles. The maximum atomic E-state index is 12.4. The van der Waals surface area contributed by atoms with E-state index in [-0.39, 0.29) is 17.9 Å². The van der Waals surface area contributed by atoms with Crippen LogP contribution in [-0.2, 0) is 16.0 Å². The summed E-state index contributed by atoms with van der Waals surface area (Å²) < 4.78 is 0. The van der Waals surface area contributed by atoms with E-state index in [0.717, 1.165) is 36.7 Å². The second kappa shape index (κ2) is 8.92. The van der Waals surface area contributed by atoms with Crippen molar-refractivity contribution in [3.63, 3.8) is 0 Å². The van der Waals surface area contributed by atoms with Gasteiger partial charge in [0.1, 0.15) is 0 Å². The highest BCUT2D eigenvalue weighted by Crippen LogP contribution is 2.20. The minimum Gasteiger partial charge on any atom is -0.356 e. The maximum absolute atomic E-state index is 12.4. The molecule has 7 heteroatoms. The summed E-state index contributed by atoms with van der Waals surface area (Å²) in [5.41, 5.74) is 0.996. The van der Waals surface area contributed by atoms with Crippen molar-refractivity contribution in [3.8, 4) is 0 Å². The van der Waals surface area contributed by atoms with E-state index in [9.17, 15) is 9.59 Å². The monoisotopic (exact) mass is 381 g/mol. The van der Waals surface area contributed by atoms with Crippen molar-refractivity contribution in [3.05, 3.63) is 34.9 Å². The lowest BCUT2D eigenvalue weighted by molar-refractivity contribution is -0.131. The molecule has 0 aromatic heterocycles. The van der Waals surface area contributed by atoms with E-state index in [4.69, 9.17) is 11.6 Å². The van der Waals surface area contributed by atoms with Crippen molar-refractivity contribution >= 4 is 35.2 Å². The average molecular weight is 382 g/mol. The summed E-state index contributed by atoms with van der Waals surface area (Å²) in [7, 11) is 0. The van der Waals surface area contributed by atoms with E-state index in [1.54, 1.807) is 11.8 Å². The first kappa shape index (κ1) is 18.5. The van der Waals surface area contributed by atoms with Crippen molar-refractivity contribution < 1.29 is 9.59 Å². The minimum atomic E-state index is -0.0938. The lowest BCUT2D eigenvalue weighted by atomic mass is 10.0. The lowest BCUT2D eigenvalue weighted by Gasteiger charge is -2.19. The Labute approximate surface area is 157 Å². The van der Waals surface area contributed by atoms with Gasteiger partial charge >= 0.3 is 0 Å². The van der Waals surface area contributed by atoms with Crippen molar-refractivity contribution in [2.45, 2.75) is 25.3 Å². The molecule has 2 fully saturated rings. The van der Waals surface area contributed by atoms with Gasteiger partial charge in [0, 0.05) is 36.8 Å². The third kappa shape index (κ3) is 5.12. The van der Waals surface area contributed by atoms with Crippen LogP contribution in [0, 0.1) is 5.92 Å². The Kier molecular flexibility index (Phi) is 6.62. The molecule has 2 amide bonds. The van der Waals surface area contributed by atoms with Gasteiger partial charge in [-0.05, 0) is 30.4 Å². The van der Waals surface area contributed by atoms with Crippen LogP contribution in [-0.4, -0.2) is 54.0 Å². The van der Waals surface area contributed by atoms with Gasteiger partial charge in [-0.1, -0.05) is 29.8 Å². The number of hydrogen-bond acceptors (Lipinski definition) is 4. The molecule has 5 nitrogen and oxygen atoms in total. The van der Waals surface area contributed by atoms with Gasteiger partial charge in [0.25, 0.3) is 0 Å². The minimum absolute atomic E-state index is 0.0330. The number of aryl methyl sites for hydroxylation is 1. The molecule has 2 atom stereocenters. The number of carbonyl (C=O) groups is 2. The van der Waals surface area contributed by atoms with Crippen LogP contribution in [0.25, 0.3) is 0 Å². The van der Waals surface area contributed by atoms with Crippen LogP contribution in [0.15, 0.2) is 24.3 Å². The third-order valence-corrected chi connectivity index (χ3v) is 6.09. The van der Waals surface area contributed by atoms with Crippen LogP contribution >= 0.6 is 23.4 Å². The summed E-state index contributed by atoms with van der Waals surface area (Å²) in [6, 6.07) is 7.51. The first-order chi connectivity index (χ1) is 12.1. The number of hydrogen-bond donors (Lipinski definition) is 2. The summed E-state index contributed by atoms with van der Waals surface area (Å²) >= 11 is 7.91. The molecule has 2 aliphatic rings. The molecule has 136 valence electrons. The number of amides is 2. The van der Waals surface area contributed by atoms with Gasteiger partial charge in [-0.15, -0.1) is 11.8 Å². The number of rotatable bonds is 6. The average Bonchev–Trinajstić information content (AvgIpc) is 3.30. The molecule has 0 aliphatic carbocycles. The third-order valence-electron chi connectivity index (χ3n) is 4.75. The molecule has 2 aliphatic heterocycles. The quantitative estimate of drug-likeness (QED) is 0.790. The van der Waals surface area contributed by atoms with Crippen molar-refractivity contribution in [1.29, 1.82) is 0 Å². The number of benzene rings is 1. The van der Waals surface area contributed by atoms with Crippen LogP contribution < -0.4 is 10.6 Å². The van der Waals surface area contributed by atoms with E-state index in [0.29, 0.717) is 30.3 Å². The molecule has 2 saturated heterocycles. The summed E-state index contributed by atoms with van der Waals surface area (Å²) in [5, 5.41) is 7.00. The zero-order chi connectivity index (χ0) is 17.6. The molecule has 1 aromatic rings. The standard InChI is InChI=1S/C18H24ClN3O2S/c19-15-4-2-1-3-14(15)5-6-17(23)21-11-13-9-16(20-10-13)18(24)22-7-8-25-12-22/h1-4,13,16,20H,5-12H2,(H,21,23)/t13-,16-/m0/s1. The van der Waals surface area contributed by atoms with Gasteiger partial charge in [-0.3, -0.25) is 9.59 Å². The van der Waals surface area contributed by atoms with Crippen molar-refractivity contribution in [2.75, 3.05) is 31.3 Å². The van der Waals surface area contributed by atoms with Crippen LogP contribution in [0.4, 0.5) is 0 Å². The predicted octanol–water partition coefficient (Wildman–Crippen LogP) is 1.90. The number of nitrogens with one attached hydrogen (secondary N) is 2. The second-order valence-electron chi connectivity index (χ2n) is 6.60. The molecular weight excluding hydrogens is 358 g/mol. The van der Waals surface area contributed by atoms with Crippen LogP contribution in [0.3, 0.4) is 0 Å². The van der Waals surface area contributed by atoms with Gasteiger partial charge in [0.05, 0.1) is 11.9 Å². The highest BCUT2D eigenvalue weighted by atomic mass is 35.5. The molecule has 25 heavy (non-hydrogen) atoms. The molecule has 3 rings (SSSR count). The Morgan fingerprint density at radius 3 is 2.96 bits per heavy atom. The van der Waals surface area contributed by atoms with Gasteiger partial charge in [0.2, 0.25) is 11.8 Å². The van der Waals surface area contributed by atoms with E-state index in [2.05, 4.69) is 10.6 Å². The Morgan fingerprint density at radius 2 is 2.20 bits per heavy atom. The maximum Gasteiger partial charge on any atom is 0.240 e. The fraction of sp³-hybridized carbons (Fsp3) is 0.556. The van der Waals surface area contributed by atoms with Crippen molar-refractivity contribution in [2.24, 2.45) is 5.92 Å². The SMILES string of the molecule is O=C(CCc1ccccc1Cl)NC[C@@H]1CN[C@H](C(=O)N2CCSC2)C1. The summed E-state index contributed by atoms with van der Waals surface area (Å²) in [4.78, 5) is 26.4. The van der Waals surface area contributed by atoms with Crippen LogP contribution in [0.1, 0.15) is 18.4 Å². The molecular formula is C18H24ClN3O2S. The Hall–Kier alpha value is -1.24. The fourth-order valence-electron chi connectivity index (χ4n) is 3.26. The first-order valence-corrected chi connectivity index (χ1v) is 10.3. The summed E-state index contributed by atoms with van der Waals surface area (Å²) in [5.74, 6) is 2.39. The largest absolute Gasteiger partial charge is 0.356 e. The van der Waals surface area contributed by atoms with Crippen LogP contribution in [0.5, 0.6) is 0 Å². The smallest absolute Gasteiger partial charge is 0.240 e. The number of halogens is 1. The number of thioether (sulfide) groups is 1. The van der Waals surface area contributed by atoms with Gasteiger partial charge in [-0.2, -0.15) is 0 Å². The number of nitrogens with zero attached hydrogens (tertiary/aromatic N) is 1. The topological polar surface area (TPSA) is 61.4 Å². The Morgan fingerprint density at radius 1 is 1.36 bits per heavy atom. The summed E-state index contributed by atoms with van der Waals surface area (Å²) in [6.07, 6.45) is 1.87. The summed E-state index contributed by atoms with van der Waals surface area (Å²) in [6.45, 7) is 2.25. The molecule has 0 radical (unpaired) electrons. The van der Waals surface area contributed by atoms with Gasteiger partial charge < -0.3 is 15.5 Å². The zero-order valence-electron chi connectivity index (χ0n) is 14.2. The zero-order valence-corrected chi connectivity index (χ0v) is 15.7. The van der Waals surface area contributed by atoms with E-state index in [1.165, 1.54) is 0 Å². The second-order valence-corrected chi connectivity index (χ2v) is 8.08. The molecule has 0 bridgehead atoms.